The predicted octanol–water partition coefficient (Wildman–Crippen LogP) is 2.95. The quantitative estimate of drug-likeness (QED) is 0.837. The van der Waals surface area contributed by atoms with Gasteiger partial charge in [0.05, 0.1) is 0 Å². The Morgan fingerprint density at radius 2 is 2.23 bits per heavy atom. The number of carbonyl (C=O) groups is 1. The van der Waals surface area contributed by atoms with Crippen LogP contribution in [0.2, 0.25) is 0 Å². The highest BCUT2D eigenvalue weighted by atomic mass is 79.9. The van der Waals surface area contributed by atoms with E-state index in [0.717, 1.165) is 6.07 Å². The maximum absolute atomic E-state index is 13.0. The molecule has 2 nitrogen and oxygen atoms in total. The summed E-state index contributed by atoms with van der Waals surface area (Å²) in [5.41, 5.74) is -0.0384. The predicted molar refractivity (Wildman–Crippen MR) is 50.3 cm³/mol. The van der Waals surface area contributed by atoms with Crippen molar-refractivity contribution in [3.05, 3.63) is 34.1 Å². The third-order valence-electron chi connectivity index (χ3n) is 1.45. The smallest absolute Gasteiger partial charge is 0.326 e. The normalized spacial score (nSPS) is 12.5. The minimum Gasteiger partial charge on any atom is -0.480 e. The van der Waals surface area contributed by atoms with Crippen LogP contribution < -0.4 is 0 Å². The molecule has 0 aliphatic carbocycles. The van der Waals surface area contributed by atoms with Gasteiger partial charge >= 0.3 is 5.97 Å². The Balaban J connectivity index is 3.12. The highest BCUT2D eigenvalue weighted by Crippen LogP contribution is 2.26. The lowest BCUT2D eigenvalue weighted by molar-refractivity contribution is -0.136. The van der Waals surface area contributed by atoms with Gasteiger partial charge in [0.2, 0.25) is 0 Å². The number of halogens is 3. The van der Waals surface area contributed by atoms with Crippen molar-refractivity contribution in [2.24, 2.45) is 0 Å². The molecule has 0 saturated heterocycles. The Labute approximate surface area is 87.5 Å². The van der Waals surface area contributed by atoms with Crippen LogP contribution in [0.15, 0.2) is 22.7 Å². The van der Waals surface area contributed by atoms with Crippen LogP contribution in [0.1, 0.15) is 10.9 Å². The molecule has 1 unspecified atom stereocenters. The lowest BCUT2D eigenvalue weighted by Gasteiger charge is -2.05. The lowest BCUT2D eigenvalue weighted by atomic mass is 10.1. The van der Waals surface area contributed by atoms with Crippen molar-refractivity contribution < 1.29 is 14.3 Å². The molecule has 1 aromatic carbocycles. The number of alkyl halides is 1. The van der Waals surface area contributed by atoms with Gasteiger partial charge in [0, 0.05) is 10.0 Å². The first kappa shape index (κ1) is 10.5. The van der Waals surface area contributed by atoms with Gasteiger partial charge in [-0.15, -0.1) is 11.6 Å². The summed E-state index contributed by atoms with van der Waals surface area (Å²) >= 11 is 8.55. The number of rotatable bonds is 2. The summed E-state index contributed by atoms with van der Waals surface area (Å²) in [6.45, 7) is 0. The summed E-state index contributed by atoms with van der Waals surface area (Å²) in [6.07, 6.45) is 0. The first-order valence-corrected chi connectivity index (χ1v) is 4.57. The van der Waals surface area contributed by atoms with Crippen LogP contribution in [0, 0.1) is 5.82 Å². The largest absolute Gasteiger partial charge is 0.480 e. The Morgan fingerprint density at radius 3 is 2.77 bits per heavy atom. The van der Waals surface area contributed by atoms with Crippen molar-refractivity contribution in [1.82, 2.24) is 0 Å². The molecule has 0 radical (unpaired) electrons. The van der Waals surface area contributed by atoms with Gasteiger partial charge in [0.25, 0.3) is 0 Å². The minimum atomic E-state index is -1.35. The molecule has 1 rings (SSSR count). The van der Waals surface area contributed by atoms with Gasteiger partial charge in [-0.25, -0.2) is 4.39 Å². The highest BCUT2D eigenvalue weighted by Gasteiger charge is 2.20. The number of carboxylic acid groups (broad SMARTS) is 1. The standard InChI is InChI=1S/C8H5BrClFO2/c9-4-1-2-6(11)5(3-4)7(10)8(12)13/h1-3,7H,(H,12,13). The Hall–Kier alpha value is -0.610. The summed E-state index contributed by atoms with van der Waals surface area (Å²) in [4.78, 5) is 10.4. The van der Waals surface area contributed by atoms with Crippen LogP contribution in [0.4, 0.5) is 4.39 Å². The van der Waals surface area contributed by atoms with E-state index in [2.05, 4.69) is 15.9 Å². The van der Waals surface area contributed by atoms with Gasteiger partial charge in [0.1, 0.15) is 5.82 Å². The zero-order valence-corrected chi connectivity index (χ0v) is 8.64. The Bertz CT molecular complexity index is 343. The zero-order valence-electron chi connectivity index (χ0n) is 6.30. The first-order valence-electron chi connectivity index (χ1n) is 3.34. The molecule has 1 atom stereocenters. The van der Waals surface area contributed by atoms with Crippen molar-refractivity contribution in [3.63, 3.8) is 0 Å². The van der Waals surface area contributed by atoms with E-state index in [-0.39, 0.29) is 5.56 Å². The molecular formula is C8H5BrClFO2. The molecule has 0 fully saturated rings. The van der Waals surface area contributed by atoms with E-state index < -0.39 is 17.2 Å². The topological polar surface area (TPSA) is 37.3 Å². The van der Waals surface area contributed by atoms with Crippen LogP contribution >= 0.6 is 27.5 Å². The third kappa shape index (κ3) is 2.42. The fourth-order valence-corrected chi connectivity index (χ4v) is 1.39. The monoisotopic (exact) mass is 266 g/mol. The molecule has 13 heavy (non-hydrogen) atoms. The van der Waals surface area contributed by atoms with E-state index in [0.29, 0.717) is 4.47 Å². The van der Waals surface area contributed by atoms with Gasteiger partial charge in [-0.05, 0) is 18.2 Å². The zero-order chi connectivity index (χ0) is 10.0. The maximum Gasteiger partial charge on any atom is 0.326 e. The van der Waals surface area contributed by atoms with Crippen LogP contribution in [-0.4, -0.2) is 11.1 Å². The molecular weight excluding hydrogens is 262 g/mol. The van der Waals surface area contributed by atoms with E-state index in [1.807, 2.05) is 0 Å². The van der Waals surface area contributed by atoms with Crippen molar-refractivity contribution in [2.75, 3.05) is 0 Å². The molecule has 0 spiro atoms. The van der Waals surface area contributed by atoms with E-state index in [1.54, 1.807) is 0 Å². The average molecular weight is 267 g/mol. The van der Waals surface area contributed by atoms with Crippen molar-refractivity contribution in [3.8, 4) is 0 Å². The molecule has 0 saturated carbocycles. The van der Waals surface area contributed by atoms with Gasteiger partial charge in [0.15, 0.2) is 5.38 Å². The molecule has 0 aromatic heterocycles. The summed E-state index contributed by atoms with van der Waals surface area (Å²) in [6, 6.07) is 3.99. The SMILES string of the molecule is O=C(O)C(Cl)c1cc(Br)ccc1F. The van der Waals surface area contributed by atoms with Crippen LogP contribution in [-0.2, 0) is 4.79 Å². The summed E-state index contributed by atoms with van der Waals surface area (Å²) < 4.78 is 13.6. The number of carboxylic acids is 1. The number of aliphatic carboxylic acids is 1. The molecule has 5 heteroatoms. The lowest BCUT2D eigenvalue weighted by Crippen LogP contribution is -2.06. The minimum absolute atomic E-state index is 0.0384. The van der Waals surface area contributed by atoms with Gasteiger partial charge < -0.3 is 5.11 Å². The first-order chi connectivity index (χ1) is 6.02. The Morgan fingerprint density at radius 1 is 1.62 bits per heavy atom. The van der Waals surface area contributed by atoms with Gasteiger partial charge in [-0.1, -0.05) is 15.9 Å². The van der Waals surface area contributed by atoms with E-state index >= 15 is 0 Å². The molecule has 0 amide bonds. The second-order valence-electron chi connectivity index (χ2n) is 2.37. The van der Waals surface area contributed by atoms with Gasteiger partial charge in [-0.2, -0.15) is 0 Å². The number of hydrogen-bond acceptors (Lipinski definition) is 1. The maximum atomic E-state index is 13.0. The van der Waals surface area contributed by atoms with E-state index in [1.165, 1.54) is 12.1 Å². The molecule has 1 aromatic rings. The Kier molecular flexibility index (Phi) is 3.27. The molecule has 1 N–H and O–H groups in total. The molecule has 0 aliphatic heterocycles. The summed E-state index contributed by atoms with van der Waals surface area (Å²) in [5.74, 6) is -1.88. The van der Waals surface area contributed by atoms with Crippen molar-refractivity contribution in [2.45, 2.75) is 5.38 Å². The fraction of sp³-hybridized carbons (Fsp3) is 0.125. The van der Waals surface area contributed by atoms with Gasteiger partial charge in [-0.3, -0.25) is 4.79 Å². The second kappa shape index (κ2) is 4.07. The fourth-order valence-electron chi connectivity index (χ4n) is 0.842. The molecule has 0 aliphatic rings. The van der Waals surface area contributed by atoms with Crippen LogP contribution in [0.25, 0.3) is 0 Å². The van der Waals surface area contributed by atoms with Crippen molar-refractivity contribution >= 4 is 33.5 Å². The molecule has 0 bridgehead atoms. The summed E-state index contributed by atoms with van der Waals surface area (Å²) in [5, 5.41) is 7.19. The molecule has 70 valence electrons. The van der Waals surface area contributed by atoms with E-state index in [9.17, 15) is 9.18 Å². The second-order valence-corrected chi connectivity index (χ2v) is 3.72. The third-order valence-corrected chi connectivity index (χ3v) is 2.36. The number of hydrogen-bond donors (Lipinski definition) is 1. The van der Waals surface area contributed by atoms with Crippen LogP contribution in [0.5, 0.6) is 0 Å². The van der Waals surface area contributed by atoms with Crippen molar-refractivity contribution in [1.29, 1.82) is 0 Å². The average Bonchev–Trinajstić information content (AvgIpc) is 2.08. The highest BCUT2D eigenvalue weighted by molar-refractivity contribution is 9.10. The summed E-state index contributed by atoms with van der Waals surface area (Å²) in [7, 11) is 0. The number of benzene rings is 1. The van der Waals surface area contributed by atoms with E-state index in [4.69, 9.17) is 16.7 Å². The molecule has 0 heterocycles. The van der Waals surface area contributed by atoms with Crippen LogP contribution in [0.3, 0.4) is 0 Å².